The van der Waals surface area contributed by atoms with Crippen molar-refractivity contribution in [1.82, 2.24) is 15.0 Å². The van der Waals surface area contributed by atoms with E-state index in [2.05, 4.69) is 25.6 Å². The van der Waals surface area contributed by atoms with Gasteiger partial charge >= 0.3 is 6.36 Å². The fraction of sp³-hybridized carbons (Fsp3) is 0.107. The standard InChI is InChI=1S/C28H22F3N5O2S/c1-17-3-12-25(37-2)23(13-17)34-27(39)35-33-15-18-4-10-22-19(14-18)5-11-24-26(22)32-16-36(24)20-6-8-21(9-7-20)38-28(29,30)31/h3-16H,1-2H3,(H2,34,35,39). The summed E-state index contributed by atoms with van der Waals surface area (Å²) in [7, 11) is 1.59. The molecule has 0 atom stereocenters. The first-order chi connectivity index (χ1) is 18.7. The molecule has 0 amide bonds. The highest BCUT2D eigenvalue weighted by atomic mass is 32.1. The molecule has 0 aliphatic rings. The molecule has 0 bridgehead atoms. The van der Waals surface area contributed by atoms with Gasteiger partial charge in [-0.2, -0.15) is 5.10 Å². The number of nitrogens with one attached hydrogen (secondary N) is 2. The molecule has 0 fully saturated rings. The number of aryl methyl sites for hydroxylation is 1. The van der Waals surface area contributed by atoms with Gasteiger partial charge in [0.05, 0.1) is 30.0 Å². The van der Waals surface area contributed by atoms with Crippen LogP contribution in [0, 0.1) is 6.92 Å². The second-order valence-electron chi connectivity index (χ2n) is 8.60. The number of hydrogen-bond acceptors (Lipinski definition) is 5. The van der Waals surface area contributed by atoms with Crippen molar-refractivity contribution in [1.29, 1.82) is 0 Å². The third-order valence-corrected chi connectivity index (χ3v) is 6.08. The lowest BCUT2D eigenvalue weighted by atomic mass is 10.1. The van der Waals surface area contributed by atoms with Crippen LogP contribution in [0.15, 0.2) is 84.2 Å². The first-order valence-corrected chi connectivity index (χ1v) is 12.1. The van der Waals surface area contributed by atoms with Crippen molar-refractivity contribution >= 4 is 51.0 Å². The zero-order valence-corrected chi connectivity index (χ0v) is 21.6. The van der Waals surface area contributed by atoms with Gasteiger partial charge in [-0.25, -0.2) is 4.98 Å². The molecule has 2 N–H and O–H groups in total. The molecule has 198 valence electrons. The van der Waals surface area contributed by atoms with Crippen LogP contribution in [0.3, 0.4) is 0 Å². The van der Waals surface area contributed by atoms with Crippen LogP contribution in [-0.4, -0.2) is 34.4 Å². The highest BCUT2D eigenvalue weighted by Gasteiger charge is 2.31. The predicted molar refractivity (Wildman–Crippen MR) is 150 cm³/mol. The molecule has 1 heterocycles. The van der Waals surface area contributed by atoms with Gasteiger partial charge in [0.15, 0.2) is 5.11 Å². The van der Waals surface area contributed by atoms with Gasteiger partial charge in [0.1, 0.15) is 17.8 Å². The summed E-state index contributed by atoms with van der Waals surface area (Å²) in [5.74, 6) is 0.390. The number of aromatic nitrogens is 2. The van der Waals surface area contributed by atoms with Crippen LogP contribution < -0.4 is 20.2 Å². The first-order valence-electron chi connectivity index (χ1n) is 11.7. The van der Waals surface area contributed by atoms with Gasteiger partial charge < -0.3 is 14.8 Å². The van der Waals surface area contributed by atoms with Crippen molar-refractivity contribution in [2.45, 2.75) is 13.3 Å². The Morgan fingerprint density at radius 1 is 1.03 bits per heavy atom. The summed E-state index contributed by atoms with van der Waals surface area (Å²) in [5, 5.41) is 9.52. The Balaban J connectivity index is 1.31. The van der Waals surface area contributed by atoms with E-state index in [1.165, 1.54) is 12.1 Å². The van der Waals surface area contributed by atoms with E-state index in [1.807, 2.05) is 60.0 Å². The molecule has 5 aromatic rings. The number of imidazole rings is 1. The van der Waals surface area contributed by atoms with Gasteiger partial charge in [-0.3, -0.25) is 9.99 Å². The lowest BCUT2D eigenvalue weighted by Crippen LogP contribution is -2.24. The monoisotopic (exact) mass is 549 g/mol. The summed E-state index contributed by atoms with van der Waals surface area (Å²) >= 11 is 5.35. The summed E-state index contributed by atoms with van der Waals surface area (Å²) in [6.45, 7) is 1.98. The Bertz CT molecular complexity index is 1700. The van der Waals surface area contributed by atoms with Gasteiger partial charge in [0, 0.05) is 11.1 Å². The number of rotatable bonds is 6. The van der Waals surface area contributed by atoms with Crippen LogP contribution >= 0.6 is 12.2 Å². The average Bonchev–Trinajstić information content (AvgIpc) is 3.33. The topological polar surface area (TPSA) is 72.7 Å². The number of methoxy groups -OCH3 is 1. The minimum Gasteiger partial charge on any atom is -0.495 e. The normalized spacial score (nSPS) is 11.7. The quantitative estimate of drug-likeness (QED) is 0.139. The number of halogens is 3. The molecule has 0 spiro atoms. The predicted octanol–water partition coefficient (Wildman–Crippen LogP) is 6.71. The third kappa shape index (κ3) is 5.93. The fourth-order valence-corrected chi connectivity index (χ4v) is 4.32. The molecule has 0 radical (unpaired) electrons. The molecule has 0 saturated heterocycles. The molecule has 11 heteroatoms. The number of anilines is 1. The van der Waals surface area contributed by atoms with E-state index in [0.29, 0.717) is 16.5 Å². The molecular weight excluding hydrogens is 527 g/mol. The average molecular weight is 550 g/mol. The van der Waals surface area contributed by atoms with Crippen LogP contribution in [0.1, 0.15) is 11.1 Å². The van der Waals surface area contributed by atoms with Crippen molar-refractivity contribution in [2.24, 2.45) is 5.10 Å². The van der Waals surface area contributed by atoms with Crippen LogP contribution in [-0.2, 0) is 0 Å². The lowest BCUT2D eigenvalue weighted by molar-refractivity contribution is -0.274. The Kier molecular flexibility index (Phi) is 7.07. The van der Waals surface area contributed by atoms with Crippen LogP contribution in [0.4, 0.5) is 18.9 Å². The van der Waals surface area contributed by atoms with Crippen LogP contribution in [0.25, 0.3) is 27.5 Å². The van der Waals surface area contributed by atoms with Crippen molar-refractivity contribution < 1.29 is 22.6 Å². The Morgan fingerprint density at radius 2 is 1.82 bits per heavy atom. The number of hydrazone groups is 1. The Labute approximate surface area is 226 Å². The Hall–Kier alpha value is -4.64. The number of alkyl halides is 3. The molecule has 0 aliphatic heterocycles. The van der Waals surface area contributed by atoms with Gasteiger partial charge in [-0.05, 0) is 84.2 Å². The van der Waals surface area contributed by atoms with Gasteiger partial charge in [0.25, 0.3) is 0 Å². The van der Waals surface area contributed by atoms with E-state index < -0.39 is 6.36 Å². The zero-order chi connectivity index (χ0) is 27.6. The summed E-state index contributed by atoms with van der Waals surface area (Å²) in [6.07, 6.45) is -1.44. The molecule has 4 aromatic carbocycles. The van der Waals surface area contributed by atoms with E-state index >= 15 is 0 Å². The molecule has 7 nitrogen and oxygen atoms in total. The van der Waals surface area contributed by atoms with Crippen molar-refractivity contribution in [2.75, 3.05) is 12.4 Å². The number of nitrogens with zero attached hydrogens (tertiary/aromatic N) is 3. The van der Waals surface area contributed by atoms with Gasteiger partial charge in [-0.1, -0.05) is 24.3 Å². The maximum Gasteiger partial charge on any atom is 0.573 e. The van der Waals surface area contributed by atoms with Crippen molar-refractivity contribution in [3.8, 4) is 17.2 Å². The maximum atomic E-state index is 12.5. The van der Waals surface area contributed by atoms with Crippen LogP contribution in [0.5, 0.6) is 11.5 Å². The Morgan fingerprint density at radius 3 is 2.56 bits per heavy atom. The third-order valence-electron chi connectivity index (χ3n) is 5.89. The van der Waals surface area contributed by atoms with Crippen molar-refractivity contribution in [3.63, 3.8) is 0 Å². The fourth-order valence-electron chi connectivity index (χ4n) is 4.16. The second-order valence-corrected chi connectivity index (χ2v) is 9.01. The number of benzene rings is 4. The van der Waals surface area contributed by atoms with Gasteiger partial charge in [0.2, 0.25) is 0 Å². The molecule has 0 saturated carbocycles. The molecule has 5 rings (SSSR count). The van der Waals surface area contributed by atoms with E-state index in [9.17, 15) is 13.2 Å². The minimum absolute atomic E-state index is 0.281. The van der Waals surface area contributed by atoms with E-state index in [0.717, 1.165) is 38.6 Å². The zero-order valence-electron chi connectivity index (χ0n) is 20.8. The second kappa shape index (κ2) is 10.6. The lowest BCUT2D eigenvalue weighted by Gasteiger charge is -2.12. The highest BCUT2D eigenvalue weighted by Crippen LogP contribution is 2.29. The molecule has 39 heavy (non-hydrogen) atoms. The van der Waals surface area contributed by atoms with E-state index in [-0.39, 0.29) is 5.75 Å². The van der Waals surface area contributed by atoms with E-state index in [4.69, 9.17) is 17.0 Å². The summed E-state index contributed by atoms with van der Waals surface area (Å²) in [4.78, 5) is 4.55. The molecule has 0 aliphatic carbocycles. The summed E-state index contributed by atoms with van der Waals surface area (Å²) < 4.78 is 48.5. The molecule has 0 unspecified atom stereocenters. The van der Waals surface area contributed by atoms with Crippen molar-refractivity contribution in [3.05, 3.63) is 90.3 Å². The largest absolute Gasteiger partial charge is 0.573 e. The minimum atomic E-state index is -4.74. The summed E-state index contributed by atoms with van der Waals surface area (Å²) in [6, 6.07) is 21.1. The van der Waals surface area contributed by atoms with Gasteiger partial charge in [-0.15, -0.1) is 13.2 Å². The molecular formula is C28H22F3N5O2S. The smallest absolute Gasteiger partial charge is 0.495 e. The van der Waals surface area contributed by atoms with Crippen LogP contribution in [0.2, 0.25) is 0 Å². The number of ether oxygens (including phenoxy) is 2. The maximum absolute atomic E-state index is 12.5. The number of fused-ring (bicyclic) bond motifs is 3. The first kappa shape index (κ1) is 26.0. The number of thiocarbonyl (C=S) groups is 1. The highest BCUT2D eigenvalue weighted by molar-refractivity contribution is 7.80. The number of hydrogen-bond donors (Lipinski definition) is 2. The summed E-state index contributed by atoms with van der Waals surface area (Å²) in [5.41, 5.74) is 7.71. The molecule has 1 aromatic heterocycles. The SMILES string of the molecule is COc1ccc(C)cc1NC(=S)NN=Cc1ccc2c(ccc3c2ncn3-c2ccc(OC(F)(F)F)cc2)c1. The van der Waals surface area contributed by atoms with E-state index in [1.54, 1.807) is 31.8 Å².